The van der Waals surface area contributed by atoms with E-state index in [4.69, 9.17) is 0 Å². The molecule has 0 saturated carbocycles. The number of H-pyrrole nitrogens is 1. The monoisotopic (exact) mass is 366 g/mol. The molecule has 1 atom stereocenters. The lowest BCUT2D eigenvalue weighted by atomic mass is 10.2. The summed E-state index contributed by atoms with van der Waals surface area (Å²) in [6, 6.07) is 15.4. The summed E-state index contributed by atoms with van der Waals surface area (Å²) in [6.45, 7) is 0.480. The van der Waals surface area contributed by atoms with Gasteiger partial charge in [0.25, 0.3) is 0 Å². The normalized spacial score (nSPS) is 16.2. The lowest BCUT2D eigenvalue weighted by Gasteiger charge is -2.23. The Morgan fingerprint density at radius 1 is 1.15 bits per heavy atom. The zero-order valence-corrected chi connectivity index (χ0v) is 14.8. The van der Waals surface area contributed by atoms with Crippen molar-refractivity contribution in [2.75, 3.05) is 11.9 Å². The number of thioether (sulfide) groups is 1. The molecule has 26 heavy (non-hydrogen) atoms. The van der Waals surface area contributed by atoms with Gasteiger partial charge >= 0.3 is 0 Å². The standard InChI is InChI=1S/C19H18N4O2S/c24-18(11-16-19(25)23-14-7-3-4-8-15(14)26-16)20-10-9-17-21-12-5-1-2-6-13(12)22-17/h1-8,16H,9-11H2,(H,20,24)(H,21,22)(H,23,25). The van der Waals surface area contributed by atoms with Crippen LogP contribution in [0.2, 0.25) is 0 Å². The van der Waals surface area contributed by atoms with Crippen molar-refractivity contribution in [2.45, 2.75) is 23.0 Å². The predicted octanol–water partition coefficient (Wildman–Crippen LogP) is 2.72. The number of aromatic amines is 1. The first kappa shape index (κ1) is 16.7. The second-order valence-corrected chi connectivity index (χ2v) is 7.34. The van der Waals surface area contributed by atoms with E-state index in [1.165, 1.54) is 11.8 Å². The molecule has 4 rings (SSSR count). The number of carbonyl (C=O) groups is 2. The highest BCUT2D eigenvalue weighted by Crippen LogP contribution is 2.36. The van der Waals surface area contributed by atoms with E-state index in [9.17, 15) is 9.59 Å². The molecular formula is C19H18N4O2S. The van der Waals surface area contributed by atoms with Gasteiger partial charge in [0, 0.05) is 24.3 Å². The first-order valence-electron chi connectivity index (χ1n) is 8.46. The van der Waals surface area contributed by atoms with Crippen LogP contribution >= 0.6 is 11.8 Å². The highest BCUT2D eigenvalue weighted by molar-refractivity contribution is 8.01. The number of fused-ring (bicyclic) bond motifs is 2. The Labute approximate surface area is 154 Å². The molecule has 7 heteroatoms. The molecule has 2 aromatic carbocycles. The third kappa shape index (κ3) is 3.57. The van der Waals surface area contributed by atoms with Crippen LogP contribution in [0.15, 0.2) is 53.4 Å². The van der Waals surface area contributed by atoms with Gasteiger partial charge in [-0.25, -0.2) is 4.98 Å². The van der Waals surface area contributed by atoms with E-state index in [-0.39, 0.29) is 18.2 Å². The number of nitrogens with one attached hydrogen (secondary N) is 3. The zero-order chi connectivity index (χ0) is 17.9. The second-order valence-electron chi connectivity index (χ2n) is 6.10. The quantitative estimate of drug-likeness (QED) is 0.648. The maximum Gasteiger partial charge on any atom is 0.238 e. The number of aromatic nitrogens is 2. The van der Waals surface area contributed by atoms with Crippen molar-refractivity contribution >= 4 is 40.3 Å². The van der Waals surface area contributed by atoms with Gasteiger partial charge in [0.15, 0.2) is 0 Å². The maximum absolute atomic E-state index is 12.2. The second kappa shape index (κ2) is 7.21. The Kier molecular flexibility index (Phi) is 4.62. The number of imidazole rings is 1. The Morgan fingerprint density at radius 3 is 2.85 bits per heavy atom. The fraction of sp³-hybridized carbons (Fsp3) is 0.211. The number of carbonyl (C=O) groups excluding carboxylic acids is 2. The lowest BCUT2D eigenvalue weighted by Crippen LogP contribution is -2.35. The number of hydrogen-bond donors (Lipinski definition) is 3. The first-order valence-corrected chi connectivity index (χ1v) is 9.34. The molecule has 2 heterocycles. The lowest BCUT2D eigenvalue weighted by molar-refractivity contribution is -0.124. The zero-order valence-electron chi connectivity index (χ0n) is 14.0. The van der Waals surface area contributed by atoms with Gasteiger partial charge < -0.3 is 15.6 Å². The van der Waals surface area contributed by atoms with Crippen LogP contribution in [0, 0.1) is 0 Å². The van der Waals surface area contributed by atoms with Crippen molar-refractivity contribution in [3.05, 3.63) is 54.4 Å². The average Bonchev–Trinajstić information content (AvgIpc) is 3.05. The Morgan fingerprint density at radius 2 is 1.96 bits per heavy atom. The van der Waals surface area contributed by atoms with Crippen LogP contribution < -0.4 is 10.6 Å². The summed E-state index contributed by atoms with van der Waals surface area (Å²) >= 11 is 1.43. The number of para-hydroxylation sites is 3. The minimum Gasteiger partial charge on any atom is -0.356 e. The fourth-order valence-corrected chi connectivity index (χ4v) is 4.02. The van der Waals surface area contributed by atoms with Crippen LogP contribution in [-0.2, 0) is 16.0 Å². The van der Waals surface area contributed by atoms with Gasteiger partial charge in [0.1, 0.15) is 5.82 Å². The summed E-state index contributed by atoms with van der Waals surface area (Å²) in [6.07, 6.45) is 0.776. The number of hydrogen-bond acceptors (Lipinski definition) is 4. The van der Waals surface area contributed by atoms with Gasteiger partial charge in [-0.1, -0.05) is 24.3 Å². The Balaban J connectivity index is 1.29. The summed E-state index contributed by atoms with van der Waals surface area (Å²) in [4.78, 5) is 33.1. The van der Waals surface area contributed by atoms with E-state index >= 15 is 0 Å². The molecule has 0 spiro atoms. The molecule has 3 aromatic rings. The molecule has 0 bridgehead atoms. The van der Waals surface area contributed by atoms with E-state index in [0.29, 0.717) is 13.0 Å². The minimum absolute atomic E-state index is 0.124. The average molecular weight is 366 g/mol. The number of nitrogens with zero attached hydrogens (tertiary/aromatic N) is 1. The van der Waals surface area contributed by atoms with Crippen molar-refractivity contribution in [3.8, 4) is 0 Å². The number of anilines is 1. The Bertz CT molecular complexity index is 936. The van der Waals surface area contributed by atoms with Crippen LogP contribution in [0.25, 0.3) is 11.0 Å². The van der Waals surface area contributed by atoms with Crippen LogP contribution in [-0.4, -0.2) is 33.6 Å². The molecule has 1 aliphatic rings. The molecule has 0 fully saturated rings. The summed E-state index contributed by atoms with van der Waals surface area (Å²) in [5.74, 6) is 0.583. The third-order valence-electron chi connectivity index (χ3n) is 4.20. The molecule has 132 valence electrons. The predicted molar refractivity (Wildman–Crippen MR) is 102 cm³/mol. The topological polar surface area (TPSA) is 86.9 Å². The van der Waals surface area contributed by atoms with E-state index in [1.54, 1.807) is 0 Å². The van der Waals surface area contributed by atoms with E-state index in [0.717, 1.165) is 27.4 Å². The third-order valence-corrected chi connectivity index (χ3v) is 5.47. The Hall–Kier alpha value is -2.80. The van der Waals surface area contributed by atoms with Gasteiger partial charge in [-0.3, -0.25) is 9.59 Å². The van der Waals surface area contributed by atoms with Gasteiger partial charge in [-0.05, 0) is 24.3 Å². The molecule has 1 aromatic heterocycles. The van der Waals surface area contributed by atoms with Crippen LogP contribution in [0.3, 0.4) is 0 Å². The van der Waals surface area contributed by atoms with E-state index in [1.807, 2.05) is 48.5 Å². The number of amides is 2. The molecule has 1 aliphatic heterocycles. The summed E-state index contributed by atoms with van der Waals surface area (Å²) in [5, 5.41) is 5.33. The van der Waals surface area contributed by atoms with E-state index in [2.05, 4.69) is 20.6 Å². The number of rotatable bonds is 5. The summed E-state index contributed by atoms with van der Waals surface area (Å²) in [5.41, 5.74) is 2.72. The van der Waals surface area contributed by atoms with Crippen LogP contribution in [0.5, 0.6) is 0 Å². The van der Waals surface area contributed by atoms with Crippen LogP contribution in [0.1, 0.15) is 12.2 Å². The molecule has 6 nitrogen and oxygen atoms in total. The smallest absolute Gasteiger partial charge is 0.238 e. The number of benzene rings is 2. The van der Waals surface area contributed by atoms with Gasteiger partial charge in [-0.15, -0.1) is 11.8 Å². The van der Waals surface area contributed by atoms with Crippen molar-refractivity contribution in [2.24, 2.45) is 0 Å². The molecule has 1 unspecified atom stereocenters. The molecule has 0 saturated heterocycles. The maximum atomic E-state index is 12.2. The molecular weight excluding hydrogens is 348 g/mol. The molecule has 0 aliphatic carbocycles. The van der Waals surface area contributed by atoms with Crippen molar-refractivity contribution in [1.82, 2.24) is 15.3 Å². The summed E-state index contributed by atoms with van der Waals surface area (Å²) in [7, 11) is 0. The largest absolute Gasteiger partial charge is 0.356 e. The van der Waals surface area contributed by atoms with Crippen molar-refractivity contribution < 1.29 is 9.59 Å². The fourth-order valence-electron chi connectivity index (χ4n) is 2.91. The SMILES string of the molecule is O=C(CC1Sc2ccccc2NC1=O)NCCc1nc2ccccc2[nH]1. The molecule has 0 radical (unpaired) electrons. The highest BCUT2D eigenvalue weighted by atomic mass is 32.2. The summed E-state index contributed by atoms with van der Waals surface area (Å²) < 4.78 is 0. The van der Waals surface area contributed by atoms with Crippen LogP contribution in [0.4, 0.5) is 5.69 Å². The van der Waals surface area contributed by atoms with E-state index < -0.39 is 5.25 Å². The van der Waals surface area contributed by atoms with Gasteiger partial charge in [-0.2, -0.15) is 0 Å². The molecule has 2 amide bonds. The molecule has 3 N–H and O–H groups in total. The van der Waals surface area contributed by atoms with Gasteiger partial charge in [0.2, 0.25) is 11.8 Å². The highest BCUT2D eigenvalue weighted by Gasteiger charge is 2.28. The first-order chi connectivity index (χ1) is 12.7. The minimum atomic E-state index is -0.406. The van der Waals surface area contributed by atoms with Crippen molar-refractivity contribution in [1.29, 1.82) is 0 Å². The van der Waals surface area contributed by atoms with Crippen molar-refractivity contribution in [3.63, 3.8) is 0 Å². The van der Waals surface area contributed by atoms with Gasteiger partial charge in [0.05, 0.1) is 22.0 Å².